The van der Waals surface area contributed by atoms with Crippen molar-refractivity contribution in [1.29, 1.82) is 0 Å². The van der Waals surface area contributed by atoms with Gasteiger partial charge in [0.2, 0.25) is 5.95 Å². The van der Waals surface area contributed by atoms with Gasteiger partial charge in [-0.05, 0) is 34.7 Å². The van der Waals surface area contributed by atoms with Crippen LogP contribution in [0.1, 0.15) is 12.8 Å². The Bertz CT molecular complexity index is 394. The first-order valence-corrected chi connectivity index (χ1v) is 6.98. The van der Waals surface area contributed by atoms with E-state index in [2.05, 4.69) is 36.1 Å². The number of hydrogen-bond donors (Lipinski definition) is 1. The van der Waals surface area contributed by atoms with Crippen molar-refractivity contribution in [1.82, 2.24) is 9.97 Å². The van der Waals surface area contributed by atoms with Gasteiger partial charge in [-0.3, -0.25) is 0 Å². The van der Waals surface area contributed by atoms with Crippen LogP contribution in [0.3, 0.4) is 0 Å². The lowest BCUT2D eigenvalue weighted by molar-refractivity contribution is 0.139. The summed E-state index contributed by atoms with van der Waals surface area (Å²) in [6.07, 6.45) is 4.10. The van der Waals surface area contributed by atoms with Gasteiger partial charge in [-0.2, -0.15) is 4.98 Å². The van der Waals surface area contributed by atoms with Crippen molar-refractivity contribution in [2.24, 2.45) is 5.92 Å². The fourth-order valence-corrected chi connectivity index (χ4v) is 2.69. The third kappa shape index (κ3) is 3.11. The summed E-state index contributed by atoms with van der Waals surface area (Å²) in [6.45, 7) is 2.90. The second-order valence-electron chi connectivity index (χ2n) is 4.50. The predicted molar refractivity (Wildman–Crippen MR) is 76.1 cm³/mol. The molecule has 1 aliphatic rings. The lowest BCUT2D eigenvalue weighted by Crippen LogP contribution is -2.35. The summed E-state index contributed by atoms with van der Waals surface area (Å²) < 4.78 is 6.17. The van der Waals surface area contributed by atoms with Crippen LogP contribution in [0.2, 0.25) is 0 Å². The average Bonchev–Trinajstić information content (AvgIpc) is 2.41. The van der Waals surface area contributed by atoms with Gasteiger partial charge in [-0.1, -0.05) is 0 Å². The SMILES string of the molecule is CNc1ncc(Br)c(N2CCC(COC)CC2)n1. The van der Waals surface area contributed by atoms with Crippen LogP contribution in [0.4, 0.5) is 11.8 Å². The summed E-state index contributed by atoms with van der Waals surface area (Å²) in [5.74, 6) is 2.31. The van der Waals surface area contributed by atoms with E-state index in [0.29, 0.717) is 11.9 Å². The molecule has 0 radical (unpaired) electrons. The van der Waals surface area contributed by atoms with Gasteiger partial charge in [-0.25, -0.2) is 4.98 Å². The summed E-state index contributed by atoms with van der Waals surface area (Å²) in [6, 6.07) is 0. The van der Waals surface area contributed by atoms with E-state index in [9.17, 15) is 0 Å². The lowest BCUT2D eigenvalue weighted by Gasteiger charge is -2.33. The highest BCUT2D eigenvalue weighted by atomic mass is 79.9. The molecule has 100 valence electrons. The van der Waals surface area contributed by atoms with Crippen LogP contribution in [0.5, 0.6) is 0 Å². The summed E-state index contributed by atoms with van der Waals surface area (Å²) in [7, 11) is 3.60. The van der Waals surface area contributed by atoms with Gasteiger partial charge < -0.3 is 15.0 Å². The largest absolute Gasteiger partial charge is 0.384 e. The Labute approximate surface area is 116 Å². The lowest BCUT2D eigenvalue weighted by atomic mass is 9.98. The highest BCUT2D eigenvalue weighted by Gasteiger charge is 2.21. The Morgan fingerprint density at radius 3 is 2.83 bits per heavy atom. The molecular weight excluding hydrogens is 296 g/mol. The van der Waals surface area contributed by atoms with Gasteiger partial charge in [-0.15, -0.1) is 0 Å². The van der Waals surface area contributed by atoms with Crippen LogP contribution in [-0.2, 0) is 4.74 Å². The molecular formula is C12H19BrN4O. The van der Waals surface area contributed by atoms with Crippen molar-refractivity contribution >= 4 is 27.7 Å². The molecule has 2 rings (SSSR count). The number of piperidine rings is 1. The maximum Gasteiger partial charge on any atom is 0.224 e. The van der Waals surface area contributed by atoms with Crippen LogP contribution in [-0.4, -0.2) is 43.8 Å². The molecule has 1 N–H and O–H groups in total. The number of aromatic nitrogens is 2. The van der Waals surface area contributed by atoms with Crippen LogP contribution < -0.4 is 10.2 Å². The standard InChI is InChI=1S/C12H19BrN4O/c1-14-12-15-7-10(13)11(16-12)17-5-3-9(4-6-17)8-18-2/h7,9H,3-6,8H2,1-2H3,(H,14,15,16). The maximum atomic E-state index is 5.22. The van der Waals surface area contributed by atoms with Crippen molar-refractivity contribution in [2.75, 3.05) is 44.1 Å². The molecule has 0 amide bonds. The molecule has 1 aromatic heterocycles. The molecule has 2 heterocycles. The third-order valence-corrected chi connectivity index (χ3v) is 3.83. The molecule has 1 aromatic rings. The Morgan fingerprint density at radius 2 is 2.22 bits per heavy atom. The third-order valence-electron chi connectivity index (χ3n) is 3.27. The maximum absolute atomic E-state index is 5.22. The number of nitrogens with zero attached hydrogens (tertiary/aromatic N) is 3. The molecule has 18 heavy (non-hydrogen) atoms. The van der Waals surface area contributed by atoms with Crippen LogP contribution in [0.25, 0.3) is 0 Å². The topological polar surface area (TPSA) is 50.3 Å². The second-order valence-corrected chi connectivity index (χ2v) is 5.36. The molecule has 0 bridgehead atoms. The number of ether oxygens (including phenoxy) is 1. The minimum absolute atomic E-state index is 0.659. The Morgan fingerprint density at radius 1 is 1.50 bits per heavy atom. The number of rotatable bonds is 4. The van der Waals surface area contributed by atoms with Crippen molar-refractivity contribution in [3.05, 3.63) is 10.7 Å². The van der Waals surface area contributed by atoms with Crippen LogP contribution in [0.15, 0.2) is 10.7 Å². The molecule has 0 aliphatic carbocycles. The fourth-order valence-electron chi connectivity index (χ4n) is 2.25. The van der Waals surface area contributed by atoms with E-state index in [0.717, 1.165) is 42.8 Å². The summed E-state index contributed by atoms with van der Waals surface area (Å²) in [5, 5.41) is 2.97. The summed E-state index contributed by atoms with van der Waals surface area (Å²) in [5.41, 5.74) is 0. The number of nitrogens with one attached hydrogen (secondary N) is 1. The van der Waals surface area contributed by atoms with E-state index < -0.39 is 0 Å². The number of halogens is 1. The van der Waals surface area contributed by atoms with E-state index in [1.807, 2.05) is 7.05 Å². The molecule has 1 aliphatic heterocycles. The molecule has 0 atom stereocenters. The van der Waals surface area contributed by atoms with E-state index in [1.54, 1.807) is 13.3 Å². The van der Waals surface area contributed by atoms with Crippen molar-refractivity contribution in [3.63, 3.8) is 0 Å². The highest BCUT2D eigenvalue weighted by Crippen LogP contribution is 2.28. The molecule has 5 nitrogen and oxygen atoms in total. The van der Waals surface area contributed by atoms with E-state index in [1.165, 1.54) is 0 Å². The Hall–Kier alpha value is -0.880. The van der Waals surface area contributed by atoms with Crippen molar-refractivity contribution in [2.45, 2.75) is 12.8 Å². The minimum atomic E-state index is 0.659. The molecule has 6 heteroatoms. The van der Waals surface area contributed by atoms with Crippen LogP contribution >= 0.6 is 15.9 Å². The molecule has 0 unspecified atom stereocenters. The second kappa shape index (κ2) is 6.33. The molecule has 0 aromatic carbocycles. The molecule has 0 saturated carbocycles. The van der Waals surface area contributed by atoms with Gasteiger partial charge in [0.05, 0.1) is 4.47 Å². The number of methoxy groups -OCH3 is 1. The zero-order valence-corrected chi connectivity index (χ0v) is 12.4. The monoisotopic (exact) mass is 314 g/mol. The van der Waals surface area contributed by atoms with Gasteiger partial charge in [0.1, 0.15) is 5.82 Å². The van der Waals surface area contributed by atoms with Gasteiger partial charge >= 0.3 is 0 Å². The first-order valence-electron chi connectivity index (χ1n) is 6.18. The zero-order chi connectivity index (χ0) is 13.0. The van der Waals surface area contributed by atoms with Crippen molar-refractivity contribution in [3.8, 4) is 0 Å². The molecule has 1 saturated heterocycles. The van der Waals surface area contributed by atoms with E-state index in [4.69, 9.17) is 4.74 Å². The molecule has 1 fully saturated rings. The van der Waals surface area contributed by atoms with Gasteiger partial charge in [0.25, 0.3) is 0 Å². The van der Waals surface area contributed by atoms with Gasteiger partial charge in [0.15, 0.2) is 0 Å². The molecule has 0 spiro atoms. The predicted octanol–water partition coefficient (Wildman–Crippen LogP) is 2.14. The van der Waals surface area contributed by atoms with E-state index >= 15 is 0 Å². The summed E-state index contributed by atoms with van der Waals surface area (Å²) in [4.78, 5) is 11.0. The minimum Gasteiger partial charge on any atom is -0.384 e. The smallest absolute Gasteiger partial charge is 0.224 e. The number of anilines is 2. The highest BCUT2D eigenvalue weighted by molar-refractivity contribution is 9.10. The average molecular weight is 315 g/mol. The Kier molecular flexibility index (Phi) is 4.77. The van der Waals surface area contributed by atoms with Gasteiger partial charge in [0, 0.05) is 40.1 Å². The first-order chi connectivity index (χ1) is 8.74. The summed E-state index contributed by atoms with van der Waals surface area (Å²) >= 11 is 3.52. The van der Waals surface area contributed by atoms with Crippen LogP contribution in [0, 0.1) is 5.92 Å². The quantitative estimate of drug-likeness (QED) is 0.922. The van der Waals surface area contributed by atoms with E-state index in [-0.39, 0.29) is 0 Å². The zero-order valence-electron chi connectivity index (χ0n) is 10.8. The number of hydrogen-bond acceptors (Lipinski definition) is 5. The normalized spacial score (nSPS) is 16.9. The Balaban J connectivity index is 2.04. The van der Waals surface area contributed by atoms with Crippen molar-refractivity contribution < 1.29 is 4.74 Å². The fraction of sp³-hybridized carbons (Fsp3) is 0.667. The first kappa shape index (κ1) is 13.5.